The topological polar surface area (TPSA) is 66.0 Å². The average Bonchev–Trinajstić information content (AvgIpc) is 3.05. The van der Waals surface area contributed by atoms with E-state index in [1.165, 1.54) is 5.56 Å². The van der Waals surface area contributed by atoms with Gasteiger partial charge in [0, 0.05) is 45.6 Å². The van der Waals surface area contributed by atoms with Crippen molar-refractivity contribution in [1.29, 1.82) is 0 Å². The number of aliphatic imine (C=N–C) groups is 1. The highest BCUT2D eigenvalue weighted by Gasteiger charge is 2.18. The number of benzene rings is 1. The van der Waals surface area contributed by atoms with E-state index in [4.69, 9.17) is 4.74 Å². The van der Waals surface area contributed by atoms with Gasteiger partial charge in [0.25, 0.3) is 0 Å². The fourth-order valence-electron chi connectivity index (χ4n) is 2.84. The Morgan fingerprint density at radius 1 is 1.22 bits per heavy atom. The van der Waals surface area contributed by atoms with Gasteiger partial charge in [0.1, 0.15) is 5.75 Å². The number of rotatable bonds is 10. The van der Waals surface area contributed by atoms with Crippen LogP contribution in [0, 0.1) is 6.92 Å². The molecular formula is C20H33IN4O2. The smallest absolute Gasteiger partial charge is 0.222 e. The van der Waals surface area contributed by atoms with Gasteiger partial charge in [-0.1, -0.05) is 17.7 Å². The molecule has 0 atom stereocenters. The molecular weight excluding hydrogens is 455 g/mol. The third-order valence-corrected chi connectivity index (χ3v) is 4.27. The molecule has 1 aromatic carbocycles. The number of nitrogens with zero attached hydrogens (tertiary/aromatic N) is 2. The van der Waals surface area contributed by atoms with E-state index in [0.29, 0.717) is 25.5 Å². The van der Waals surface area contributed by atoms with Crippen LogP contribution in [0.25, 0.3) is 0 Å². The molecule has 1 heterocycles. The Balaban J connectivity index is 0.00000364. The number of ether oxygens (including phenoxy) is 1. The quantitative estimate of drug-likeness (QED) is 0.230. The monoisotopic (exact) mass is 488 g/mol. The summed E-state index contributed by atoms with van der Waals surface area (Å²) in [5.74, 6) is 2.02. The van der Waals surface area contributed by atoms with Gasteiger partial charge in [-0.2, -0.15) is 0 Å². The van der Waals surface area contributed by atoms with Crippen LogP contribution in [0.1, 0.15) is 38.2 Å². The Kier molecular flexibility index (Phi) is 11.9. The van der Waals surface area contributed by atoms with Crippen molar-refractivity contribution in [3.05, 3.63) is 29.8 Å². The predicted octanol–water partition coefficient (Wildman–Crippen LogP) is 2.95. The van der Waals surface area contributed by atoms with Crippen molar-refractivity contribution in [3.63, 3.8) is 0 Å². The second-order valence-corrected chi connectivity index (χ2v) is 6.54. The molecule has 0 unspecified atom stereocenters. The molecule has 27 heavy (non-hydrogen) atoms. The summed E-state index contributed by atoms with van der Waals surface area (Å²) >= 11 is 0. The lowest BCUT2D eigenvalue weighted by atomic mass is 10.2. The Bertz CT molecular complexity index is 578. The number of carbonyl (C=O) groups is 1. The largest absolute Gasteiger partial charge is 0.494 e. The van der Waals surface area contributed by atoms with Gasteiger partial charge in [-0.05, 0) is 38.8 Å². The molecule has 0 radical (unpaired) electrons. The molecule has 1 amide bonds. The van der Waals surface area contributed by atoms with Crippen LogP contribution in [0.3, 0.4) is 0 Å². The predicted molar refractivity (Wildman–Crippen MR) is 121 cm³/mol. The van der Waals surface area contributed by atoms with Gasteiger partial charge in [0.15, 0.2) is 5.96 Å². The number of likely N-dealkylation sites (tertiary alicyclic amines) is 1. The van der Waals surface area contributed by atoms with E-state index in [2.05, 4.69) is 41.6 Å². The molecule has 0 aliphatic carbocycles. The Labute approximate surface area is 180 Å². The molecule has 2 rings (SSSR count). The third-order valence-electron chi connectivity index (χ3n) is 4.27. The number of hydrogen-bond acceptors (Lipinski definition) is 3. The minimum atomic E-state index is 0. The Hall–Kier alpha value is -1.51. The normalized spacial score (nSPS) is 14.1. The maximum atomic E-state index is 11.6. The molecule has 1 saturated heterocycles. The summed E-state index contributed by atoms with van der Waals surface area (Å²) in [7, 11) is 0. The van der Waals surface area contributed by atoms with E-state index >= 15 is 0 Å². The molecule has 0 bridgehead atoms. The van der Waals surface area contributed by atoms with Crippen molar-refractivity contribution in [2.75, 3.05) is 39.3 Å². The first-order valence-corrected chi connectivity index (χ1v) is 9.68. The van der Waals surface area contributed by atoms with Crippen molar-refractivity contribution in [2.45, 2.75) is 39.5 Å². The SMILES string of the molecule is CCNC(=NCCCOc1ccc(C)cc1)NCCCN1CCCC1=O.I. The highest BCUT2D eigenvalue weighted by molar-refractivity contribution is 14.0. The van der Waals surface area contributed by atoms with Crippen molar-refractivity contribution >= 4 is 35.8 Å². The first-order chi connectivity index (χ1) is 12.7. The molecule has 1 fully saturated rings. The van der Waals surface area contributed by atoms with Crippen LogP contribution in [-0.2, 0) is 4.79 Å². The number of amides is 1. The van der Waals surface area contributed by atoms with Gasteiger partial charge >= 0.3 is 0 Å². The molecule has 0 spiro atoms. The molecule has 6 nitrogen and oxygen atoms in total. The van der Waals surface area contributed by atoms with E-state index in [9.17, 15) is 4.79 Å². The van der Waals surface area contributed by atoms with E-state index in [1.807, 2.05) is 17.0 Å². The van der Waals surface area contributed by atoms with Gasteiger partial charge in [0.2, 0.25) is 5.91 Å². The van der Waals surface area contributed by atoms with Crippen molar-refractivity contribution in [1.82, 2.24) is 15.5 Å². The number of hydrogen-bond donors (Lipinski definition) is 2. The zero-order valence-electron chi connectivity index (χ0n) is 16.5. The lowest BCUT2D eigenvalue weighted by Gasteiger charge is -2.16. The minimum Gasteiger partial charge on any atom is -0.494 e. The molecule has 7 heteroatoms. The number of aryl methyl sites for hydroxylation is 1. The minimum absolute atomic E-state index is 0. The highest BCUT2D eigenvalue weighted by atomic mass is 127. The molecule has 152 valence electrons. The lowest BCUT2D eigenvalue weighted by Crippen LogP contribution is -2.39. The average molecular weight is 488 g/mol. The molecule has 1 aliphatic heterocycles. The molecule has 0 aromatic heterocycles. The first-order valence-electron chi connectivity index (χ1n) is 9.68. The summed E-state index contributed by atoms with van der Waals surface area (Å²) < 4.78 is 5.72. The van der Waals surface area contributed by atoms with E-state index in [0.717, 1.165) is 57.2 Å². The summed E-state index contributed by atoms with van der Waals surface area (Å²) in [5, 5.41) is 6.59. The van der Waals surface area contributed by atoms with Gasteiger partial charge < -0.3 is 20.3 Å². The van der Waals surface area contributed by atoms with Crippen LogP contribution in [0.15, 0.2) is 29.3 Å². The van der Waals surface area contributed by atoms with Crippen LogP contribution in [0.4, 0.5) is 0 Å². The first kappa shape index (κ1) is 23.5. The van der Waals surface area contributed by atoms with Crippen LogP contribution >= 0.6 is 24.0 Å². The van der Waals surface area contributed by atoms with Crippen LogP contribution < -0.4 is 15.4 Å². The van der Waals surface area contributed by atoms with Crippen molar-refractivity contribution in [3.8, 4) is 5.75 Å². The fraction of sp³-hybridized carbons (Fsp3) is 0.600. The molecule has 1 aliphatic rings. The van der Waals surface area contributed by atoms with Crippen LogP contribution in [0.2, 0.25) is 0 Å². The Morgan fingerprint density at radius 3 is 2.67 bits per heavy atom. The van der Waals surface area contributed by atoms with Crippen molar-refractivity contribution < 1.29 is 9.53 Å². The summed E-state index contributed by atoms with van der Waals surface area (Å²) in [5.41, 5.74) is 1.23. The maximum absolute atomic E-state index is 11.6. The van der Waals surface area contributed by atoms with Gasteiger partial charge in [-0.25, -0.2) is 0 Å². The number of nitrogens with one attached hydrogen (secondary N) is 2. The zero-order valence-corrected chi connectivity index (χ0v) is 18.8. The zero-order chi connectivity index (χ0) is 18.6. The van der Waals surface area contributed by atoms with Gasteiger partial charge in [-0.3, -0.25) is 9.79 Å². The number of carbonyl (C=O) groups excluding carboxylic acids is 1. The van der Waals surface area contributed by atoms with E-state index in [-0.39, 0.29) is 24.0 Å². The molecule has 2 N–H and O–H groups in total. The van der Waals surface area contributed by atoms with Gasteiger partial charge in [-0.15, -0.1) is 24.0 Å². The highest BCUT2D eigenvalue weighted by Crippen LogP contribution is 2.11. The fourth-order valence-corrected chi connectivity index (χ4v) is 2.84. The summed E-state index contributed by atoms with van der Waals surface area (Å²) in [6.07, 6.45) is 3.52. The molecule has 1 aromatic rings. The number of guanidine groups is 1. The maximum Gasteiger partial charge on any atom is 0.222 e. The van der Waals surface area contributed by atoms with Crippen molar-refractivity contribution in [2.24, 2.45) is 4.99 Å². The van der Waals surface area contributed by atoms with E-state index < -0.39 is 0 Å². The lowest BCUT2D eigenvalue weighted by molar-refractivity contribution is -0.127. The summed E-state index contributed by atoms with van der Waals surface area (Å²) in [6, 6.07) is 8.09. The Morgan fingerprint density at radius 2 is 2.00 bits per heavy atom. The third kappa shape index (κ3) is 9.30. The van der Waals surface area contributed by atoms with Crippen LogP contribution in [-0.4, -0.2) is 56.1 Å². The molecule has 0 saturated carbocycles. The second kappa shape index (κ2) is 13.6. The van der Waals surface area contributed by atoms with Gasteiger partial charge in [0.05, 0.1) is 6.61 Å². The van der Waals surface area contributed by atoms with E-state index in [1.54, 1.807) is 0 Å². The second-order valence-electron chi connectivity index (χ2n) is 6.54. The number of halogens is 1. The summed E-state index contributed by atoms with van der Waals surface area (Å²) in [6.45, 7) is 8.88. The standard InChI is InChI=1S/C20H32N4O2.HI/c1-3-21-20(22-12-5-15-24-14-4-7-19(24)25)23-13-6-16-26-18-10-8-17(2)9-11-18;/h8-11H,3-7,12-16H2,1-2H3,(H2,21,22,23);1H. The van der Waals surface area contributed by atoms with Crippen LogP contribution in [0.5, 0.6) is 5.75 Å². The summed E-state index contributed by atoms with van der Waals surface area (Å²) in [4.78, 5) is 18.1.